The maximum absolute atomic E-state index is 5.53. The van der Waals surface area contributed by atoms with Gasteiger partial charge in [-0.05, 0) is 25.1 Å². The van der Waals surface area contributed by atoms with E-state index in [0.717, 1.165) is 17.2 Å². The number of hydrogen-bond donors (Lipinski definition) is 0. The number of nitrogens with zero attached hydrogens (tertiary/aromatic N) is 1. The van der Waals surface area contributed by atoms with E-state index in [4.69, 9.17) is 4.42 Å². The Morgan fingerprint density at radius 1 is 1.15 bits per heavy atom. The summed E-state index contributed by atoms with van der Waals surface area (Å²) >= 11 is 0. The predicted octanol–water partition coefficient (Wildman–Crippen LogP) is 2.08. The number of hydrogen-bond acceptors (Lipinski definition) is 1. The van der Waals surface area contributed by atoms with E-state index in [9.17, 15) is 0 Å². The zero-order valence-corrected chi connectivity index (χ0v) is 7.82. The summed E-state index contributed by atoms with van der Waals surface area (Å²) in [5.41, 5.74) is 1.09. The van der Waals surface area contributed by atoms with Crippen LogP contribution < -0.4 is 4.57 Å². The molecule has 2 rings (SSSR count). The van der Waals surface area contributed by atoms with Crippen molar-refractivity contribution in [3.05, 3.63) is 42.3 Å². The van der Waals surface area contributed by atoms with Crippen LogP contribution in [0.5, 0.6) is 0 Å². The minimum absolute atomic E-state index is 0.917. The van der Waals surface area contributed by atoms with E-state index in [1.807, 2.05) is 55.1 Å². The van der Waals surface area contributed by atoms with Crippen molar-refractivity contribution in [2.45, 2.75) is 6.92 Å². The van der Waals surface area contributed by atoms with Gasteiger partial charge in [0.05, 0.1) is 0 Å². The smallest absolute Gasteiger partial charge is 0.247 e. The molecule has 2 aromatic heterocycles. The third-order valence-corrected chi connectivity index (χ3v) is 2.05. The standard InChI is InChI=1S/C11H12NO/c1-9-6-7-11(13-9)10-5-3-4-8-12(10)2/h3-8H,1-2H3/q+1. The van der Waals surface area contributed by atoms with Crippen LogP contribution in [0.3, 0.4) is 0 Å². The van der Waals surface area contributed by atoms with Crippen LogP contribution in [-0.2, 0) is 7.05 Å². The second-order valence-corrected chi connectivity index (χ2v) is 3.11. The van der Waals surface area contributed by atoms with E-state index >= 15 is 0 Å². The van der Waals surface area contributed by atoms with E-state index in [-0.39, 0.29) is 0 Å². The molecule has 0 saturated carbocycles. The van der Waals surface area contributed by atoms with Gasteiger partial charge in [-0.3, -0.25) is 0 Å². The fourth-order valence-electron chi connectivity index (χ4n) is 1.35. The first-order valence-corrected chi connectivity index (χ1v) is 4.29. The normalized spacial score (nSPS) is 10.3. The van der Waals surface area contributed by atoms with Crippen molar-refractivity contribution in [3.63, 3.8) is 0 Å². The summed E-state index contributed by atoms with van der Waals surface area (Å²) in [6.07, 6.45) is 2.01. The highest BCUT2D eigenvalue weighted by Gasteiger charge is 2.11. The number of pyridine rings is 1. The highest BCUT2D eigenvalue weighted by molar-refractivity contribution is 5.48. The Bertz CT molecular complexity index is 418. The van der Waals surface area contributed by atoms with Crippen molar-refractivity contribution >= 4 is 0 Å². The molecule has 0 N–H and O–H groups in total. The zero-order chi connectivity index (χ0) is 9.26. The molecule has 0 aliphatic heterocycles. The number of furan rings is 1. The maximum Gasteiger partial charge on any atom is 0.247 e. The Morgan fingerprint density at radius 2 is 2.00 bits per heavy atom. The van der Waals surface area contributed by atoms with Gasteiger partial charge < -0.3 is 4.42 Å². The van der Waals surface area contributed by atoms with Gasteiger partial charge in [-0.15, -0.1) is 0 Å². The van der Waals surface area contributed by atoms with Crippen molar-refractivity contribution < 1.29 is 8.98 Å². The van der Waals surface area contributed by atoms with E-state index in [1.165, 1.54) is 0 Å². The summed E-state index contributed by atoms with van der Waals surface area (Å²) in [4.78, 5) is 0. The van der Waals surface area contributed by atoms with E-state index in [0.29, 0.717) is 0 Å². The molecule has 0 aliphatic carbocycles. The summed E-state index contributed by atoms with van der Waals surface area (Å²) in [6, 6.07) is 10.0. The van der Waals surface area contributed by atoms with Gasteiger partial charge in [0.25, 0.3) is 0 Å². The minimum atomic E-state index is 0.917. The fourth-order valence-corrected chi connectivity index (χ4v) is 1.35. The summed E-state index contributed by atoms with van der Waals surface area (Å²) in [5, 5.41) is 0. The lowest BCUT2D eigenvalue weighted by Crippen LogP contribution is -2.29. The lowest BCUT2D eigenvalue weighted by atomic mass is 10.3. The van der Waals surface area contributed by atoms with Crippen molar-refractivity contribution in [1.29, 1.82) is 0 Å². The van der Waals surface area contributed by atoms with Crippen molar-refractivity contribution in [1.82, 2.24) is 0 Å². The zero-order valence-electron chi connectivity index (χ0n) is 7.82. The topological polar surface area (TPSA) is 17.0 Å². The van der Waals surface area contributed by atoms with Crippen LogP contribution in [-0.4, -0.2) is 0 Å². The van der Waals surface area contributed by atoms with Gasteiger partial charge in [0.2, 0.25) is 5.69 Å². The molecule has 0 spiro atoms. The third kappa shape index (κ3) is 1.47. The molecule has 0 bridgehead atoms. The van der Waals surface area contributed by atoms with Crippen LogP contribution in [0.2, 0.25) is 0 Å². The molecule has 2 aromatic rings. The molecule has 0 fully saturated rings. The molecular formula is C11H12NO+. The number of aryl methyl sites for hydroxylation is 2. The fraction of sp³-hybridized carbons (Fsp3) is 0.182. The Labute approximate surface area is 77.4 Å². The van der Waals surface area contributed by atoms with Gasteiger partial charge in [0.1, 0.15) is 12.8 Å². The monoisotopic (exact) mass is 174 g/mol. The highest BCUT2D eigenvalue weighted by Crippen LogP contribution is 2.17. The molecule has 2 heteroatoms. The summed E-state index contributed by atoms with van der Waals surface area (Å²) < 4.78 is 7.57. The molecular weight excluding hydrogens is 162 g/mol. The first-order valence-electron chi connectivity index (χ1n) is 4.29. The van der Waals surface area contributed by atoms with Crippen LogP contribution >= 0.6 is 0 Å². The molecule has 0 aliphatic rings. The second-order valence-electron chi connectivity index (χ2n) is 3.11. The van der Waals surface area contributed by atoms with E-state index in [2.05, 4.69) is 0 Å². The molecule has 2 heterocycles. The van der Waals surface area contributed by atoms with Crippen molar-refractivity contribution in [2.75, 3.05) is 0 Å². The van der Waals surface area contributed by atoms with Crippen LogP contribution in [0.4, 0.5) is 0 Å². The number of rotatable bonds is 1. The Morgan fingerprint density at radius 3 is 2.62 bits per heavy atom. The predicted molar refractivity (Wildman–Crippen MR) is 50.1 cm³/mol. The van der Waals surface area contributed by atoms with E-state index in [1.54, 1.807) is 0 Å². The van der Waals surface area contributed by atoms with Crippen molar-refractivity contribution in [2.24, 2.45) is 7.05 Å². The molecule has 0 saturated heterocycles. The first-order chi connectivity index (χ1) is 6.27. The maximum atomic E-state index is 5.53. The molecule has 0 unspecified atom stereocenters. The van der Waals surface area contributed by atoms with Gasteiger partial charge in [0.15, 0.2) is 12.0 Å². The summed E-state index contributed by atoms with van der Waals surface area (Å²) in [7, 11) is 2.01. The Kier molecular flexibility index (Phi) is 1.89. The number of aromatic nitrogens is 1. The molecule has 2 nitrogen and oxygen atoms in total. The third-order valence-electron chi connectivity index (χ3n) is 2.05. The van der Waals surface area contributed by atoms with Crippen LogP contribution in [0, 0.1) is 6.92 Å². The van der Waals surface area contributed by atoms with Crippen LogP contribution in [0.25, 0.3) is 11.5 Å². The Hall–Kier alpha value is -1.57. The van der Waals surface area contributed by atoms with Crippen molar-refractivity contribution in [3.8, 4) is 11.5 Å². The molecule has 66 valence electrons. The Balaban J connectivity index is 2.52. The highest BCUT2D eigenvalue weighted by atomic mass is 16.3. The average Bonchev–Trinajstić information content (AvgIpc) is 2.53. The lowest BCUT2D eigenvalue weighted by molar-refractivity contribution is -0.660. The molecule has 0 radical (unpaired) electrons. The van der Waals surface area contributed by atoms with Gasteiger partial charge >= 0.3 is 0 Å². The SMILES string of the molecule is Cc1ccc(-c2cccc[n+]2C)o1. The first kappa shape index (κ1) is 8.05. The van der Waals surface area contributed by atoms with Gasteiger partial charge in [-0.1, -0.05) is 0 Å². The minimum Gasteiger partial charge on any atom is -0.455 e. The summed E-state index contributed by atoms with van der Waals surface area (Å²) in [5.74, 6) is 1.86. The average molecular weight is 174 g/mol. The molecule has 0 aromatic carbocycles. The van der Waals surface area contributed by atoms with Gasteiger partial charge in [0, 0.05) is 12.1 Å². The molecule has 0 amide bonds. The molecule has 13 heavy (non-hydrogen) atoms. The summed E-state index contributed by atoms with van der Waals surface area (Å²) in [6.45, 7) is 1.95. The van der Waals surface area contributed by atoms with Crippen LogP contribution in [0.1, 0.15) is 5.76 Å². The van der Waals surface area contributed by atoms with Crippen LogP contribution in [0.15, 0.2) is 40.9 Å². The van der Waals surface area contributed by atoms with E-state index < -0.39 is 0 Å². The largest absolute Gasteiger partial charge is 0.455 e. The van der Waals surface area contributed by atoms with Gasteiger partial charge in [-0.2, -0.15) is 4.57 Å². The lowest BCUT2D eigenvalue weighted by Gasteiger charge is -1.94. The quantitative estimate of drug-likeness (QED) is 0.605. The van der Waals surface area contributed by atoms with Gasteiger partial charge in [-0.25, -0.2) is 0 Å². The second kappa shape index (κ2) is 3.05. The molecule has 0 atom stereocenters.